The first kappa shape index (κ1) is 23.1. The van der Waals surface area contributed by atoms with Crippen molar-refractivity contribution in [1.29, 1.82) is 0 Å². The van der Waals surface area contributed by atoms with E-state index in [0.717, 1.165) is 16.7 Å². The van der Waals surface area contributed by atoms with Gasteiger partial charge >= 0.3 is 6.09 Å². The third kappa shape index (κ3) is 3.26. The maximum atomic E-state index is 14.7. The minimum absolute atomic E-state index is 0.238. The summed E-state index contributed by atoms with van der Waals surface area (Å²) in [5.74, 6) is -0.372. The predicted molar refractivity (Wildman–Crippen MR) is 135 cm³/mol. The Bertz CT molecular complexity index is 1280. The van der Waals surface area contributed by atoms with Crippen molar-refractivity contribution in [3.05, 3.63) is 114 Å². The molecule has 5 heteroatoms. The molecule has 35 heavy (non-hydrogen) atoms. The number of ether oxygens (including phenoxy) is 2. The second-order valence-electron chi connectivity index (χ2n) is 10.1. The molecule has 0 radical (unpaired) electrons. The van der Waals surface area contributed by atoms with Crippen LogP contribution in [0.25, 0.3) is 0 Å². The topological polar surface area (TPSA) is 55.8 Å². The summed E-state index contributed by atoms with van der Waals surface area (Å²) in [6, 6.07) is 27.0. The number of hydrogen-bond donors (Lipinski definition) is 0. The van der Waals surface area contributed by atoms with Crippen molar-refractivity contribution in [1.82, 2.24) is 0 Å². The maximum Gasteiger partial charge on any atom is 0.421 e. The van der Waals surface area contributed by atoms with Crippen LogP contribution in [0.5, 0.6) is 0 Å². The van der Waals surface area contributed by atoms with Crippen molar-refractivity contribution in [2.45, 2.75) is 43.3 Å². The van der Waals surface area contributed by atoms with Gasteiger partial charge in [0, 0.05) is 0 Å². The maximum absolute atomic E-state index is 14.7. The van der Waals surface area contributed by atoms with E-state index in [2.05, 4.69) is 6.58 Å². The molecule has 5 rings (SSSR count). The second-order valence-corrected chi connectivity index (χ2v) is 10.1. The minimum atomic E-state index is -1.26. The summed E-state index contributed by atoms with van der Waals surface area (Å²) in [4.78, 5) is 29.4. The lowest BCUT2D eigenvalue weighted by molar-refractivity contribution is -0.126. The number of amides is 2. The summed E-state index contributed by atoms with van der Waals surface area (Å²) in [7, 11) is 0. The summed E-state index contributed by atoms with van der Waals surface area (Å²) in [5.41, 5.74) is 0.0707. The fourth-order valence-electron chi connectivity index (χ4n) is 5.62. The molecule has 5 nitrogen and oxygen atoms in total. The molecule has 2 aliphatic heterocycles. The lowest BCUT2D eigenvalue weighted by atomic mass is 9.56. The van der Waals surface area contributed by atoms with Crippen LogP contribution in [0.1, 0.15) is 43.6 Å². The second kappa shape index (κ2) is 8.21. The highest BCUT2D eigenvalue weighted by molar-refractivity contribution is 6.22. The van der Waals surface area contributed by atoms with Crippen LogP contribution in [0.15, 0.2) is 97.6 Å². The van der Waals surface area contributed by atoms with Crippen molar-refractivity contribution in [2.75, 3.05) is 11.5 Å². The van der Waals surface area contributed by atoms with Crippen molar-refractivity contribution in [3.8, 4) is 0 Å². The van der Waals surface area contributed by atoms with Crippen LogP contribution in [-0.4, -0.2) is 24.2 Å². The Morgan fingerprint density at radius 1 is 1.00 bits per heavy atom. The first-order chi connectivity index (χ1) is 16.8. The minimum Gasteiger partial charge on any atom is -0.443 e. The van der Waals surface area contributed by atoms with Gasteiger partial charge in [0.15, 0.2) is 0 Å². The van der Waals surface area contributed by atoms with Crippen LogP contribution in [0, 0.1) is 0 Å². The predicted octanol–water partition coefficient (Wildman–Crippen LogP) is 6.10. The lowest BCUT2D eigenvalue weighted by Gasteiger charge is -2.42. The molecule has 1 saturated heterocycles. The highest BCUT2D eigenvalue weighted by atomic mass is 16.6. The van der Waals surface area contributed by atoms with Crippen molar-refractivity contribution < 1.29 is 19.1 Å². The van der Waals surface area contributed by atoms with E-state index < -0.39 is 28.6 Å². The van der Waals surface area contributed by atoms with Crippen LogP contribution >= 0.6 is 0 Å². The van der Waals surface area contributed by atoms with Gasteiger partial charge in [-0.05, 0) is 43.5 Å². The number of hydrogen-bond acceptors (Lipinski definition) is 4. The smallest absolute Gasteiger partial charge is 0.421 e. The number of carbonyl (C=O) groups is 2. The molecule has 2 amide bonds. The molecule has 0 saturated carbocycles. The SMILES string of the molecule is C=C[C@]1(c2ccccc2)COC(c2ccccc2)[C@]12C(=O)N(C(=O)OC(C)(C)C)c1ccccc12. The number of benzene rings is 3. The number of para-hydroxylation sites is 1. The summed E-state index contributed by atoms with van der Waals surface area (Å²) < 4.78 is 12.2. The molecule has 3 aromatic rings. The van der Waals surface area contributed by atoms with E-state index in [4.69, 9.17) is 9.47 Å². The average molecular weight is 468 g/mol. The molecule has 0 aromatic heterocycles. The van der Waals surface area contributed by atoms with Gasteiger partial charge in [-0.1, -0.05) is 84.9 Å². The van der Waals surface area contributed by atoms with Gasteiger partial charge in [-0.3, -0.25) is 4.79 Å². The molecule has 178 valence electrons. The van der Waals surface area contributed by atoms with Crippen LogP contribution in [0.4, 0.5) is 10.5 Å². The quantitative estimate of drug-likeness (QED) is 0.437. The molecular formula is C30H29NO4. The number of anilines is 1. The lowest BCUT2D eigenvalue weighted by Crippen LogP contribution is -2.56. The van der Waals surface area contributed by atoms with E-state index in [-0.39, 0.29) is 12.5 Å². The zero-order chi connectivity index (χ0) is 24.8. The average Bonchev–Trinajstić information content (AvgIpc) is 3.34. The van der Waals surface area contributed by atoms with E-state index in [1.54, 1.807) is 26.8 Å². The van der Waals surface area contributed by atoms with Gasteiger partial charge in [0.25, 0.3) is 5.91 Å². The Kier molecular flexibility index (Phi) is 5.41. The molecule has 1 fully saturated rings. The van der Waals surface area contributed by atoms with Gasteiger partial charge in [0.05, 0.1) is 17.7 Å². The Labute approximate surface area is 206 Å². The highest BCUT2D eigenvalue weighted by Gasteiger charge is 2.71. The van der Waals surface area contributed by atoms with Gasteiger partial charge in [-0.15, -0.1) is 6.58 Å². The summed E-state index contributed by atoms with van der Waals surface area (Å²) in [5, 5.41) is 0. The summed E-state index contributed by atoms with van der Waals surface area (Å²) >= 11 is 0. The number of fused-ring (bicyclic) bond motifs is 2. The molecule has 1 spiro atoms. The molecule has 3 atom stereocenters. The van der Waals surface area contributed by atoms with Crippen LogP contribution in [0.2, 0.25) is 0 Å². The molecule has 0 N–H and O–H groups in total. The van der Waals surface area contributed by atoms with Crippen molar-refractivity contribution in [3.63, 3.8) is 0 Å². The highest BCUT2D eigenvalue weighted by Crippen LogP contribution is 2.64. The third-order valence-electron chi connectivity index (χ3n) is 7.00. The molecule has 2 heterocycles. The Hall–Kier alpha value is -3.70. The first-order valence-corrected chi connectivity index (χ1v) is 11.8. The van der Waals surface area contributed by atoms with Gasteiger partial charge in [0.2, 0.25) is 0 Å². The monoisotopic (exact) mass is 467 g/mol. The molecule has 0 bridgehead atoms. The third-order valence-corrected chi connectivity index (χ3v) is 7.00. The largest absolute Gasteiger partial charge is 0.443 e. The molecule has 1 unspecified atom stereocenters. The van der Waals surface area contributed by atoms with E-state index in [9.17, 15) is 9.59 Å². The zero-order valence-corrected chi connectivity index (χ0v) is 20.2. The number of rotatable bonds is 3. The molecule has 0 aliphatic carbocycles. The van der Waals surface area contributed by atoms with E-state index >= 15 is 0 Å². The van der Waals surface area contributed by atoms with Crippen molar-refractivity contribution >= 4 is 17.7 Å². The number of imide groups is 1. The normalized spacial score (nSPS) is 25.5. The van der Waals surface area contributed by atoms with Gasteiger partial charge < -0.3 is 9.47 Å². The summed E-state index contributed by atoms with van der Waals surface area (Å²) in [6.45, 7) is 9.81. The molecule has 2 aliphatic rings. The van der Waals surface area contributed by atoms with E-state index in [0.29, 0.717) is 5.69 Å². The van der Waals surface area contributed by atoms with Crippen LogP contribution in [-0.2, 0) is 25.1 Å². The van der Waals surface area contributed by atoms with Gasteiger partial charge in [-0.25, -0.2) is 9.69 Å². The van der Waals surface area contributed by atoms with Crippen molar-refractivity contribution in [2.24, 2.45) is 0 Å². The standard InChI is InChI=1S/C30H29NO4/c1-5-29(22-16-10-7-11-17-22)20-34-25(21-14-8-6-9-15-21)30(29)23-18-12-13-19-24(23)31(26(30)32)27(33)35-28(2,3)4/h5-19,25H,1,20H2,2-4H3/t25?,29-,30-/m1/s1. The summed E-state index contributed by atoms with van der Waals surface area (Å²) in [6.07, 6.45) is 0.484. The number of carbonyl (C=O) groups excluding carboxylic acids is 2. The fourth-order valence-corrected chi connectivity index (χ4v) is 5.62. The Balaban J connectivity index is 1.82. The van der Waals surface area contributed by atoms with Gasteiger partial charge in [0.1, 0.15) is 17.1 Å². The van der Waals surface area contributed by atoms with Crippen LogP contribution in [0.3, 0.4) is 0 Å². The Morgan fingerprint density at radius 2 is 1.60 bits per heavy atom. The first-order valence-electron chi connectivity index (χ1n) is 11.8. The van der Waals surface area contributed by atoms with Crippen LogP contribution < -0.4 is 4.90 Å². The van der Waals surface area contributed by atoms with E-state index in [1.165, 1.54) is 4.90 Å². The molecular weight excluding hydrogens is 438 g/mol. The number of nitrogens with zero attached hydrogens (tertiary/aromatic N) is 1. The van der Waals surface area contributed by atoms with Gasteiger partial charge in [-0.2, -0.15) is 0 Å². The molecule has 3 aromatic carbocycles. The van der Waals surface area contributed by atoms with E-state index in [1.807, 2.05) is 84.9 Å². The Morgan fingerprint density at radius 3 is 2.23 bits per heavy atom. The fraction of sp³-hybridized carbons (Fsp3) is 0.267. The zero-order valence-electron chi connectivity index (χ0n) is 20.2.